The fraction of sp³-hybridized carbons (Fsp3) is 0.259. The number of nitrogens with one attached hydrogen (secondary N) is 2. The van der Waals surface area contributed by atoms with Crippen LogP contribution in [-0.2, 0) is 20.9 Å². The number of amides is 2. The number of ether oxygens (including phenoxy) is 2. The van der Waals surface area contributed by atoms with Crippen LogP contribution in [0.25, 0.3) is 33.0 Å². The van der Waals surface area contributed by atoms with Gasteiger partial charge in [-0.15, -0.1) is 0 Å². The lowest BCUT2D eigenvalue weighted by Gasteiger charge is -2.20. The molecule has 2 aromatic carbocycles. The van der Waals surface area contributed by atoms with Crippen molar-refractivity contribution in [2.45, 2.75) is 12.6 Å². The molecule has 180 valence electrons. The highest BCUT2D eigenvalue weighted by Gasteiger charge is 2.35. The van der Waals surface area contributed by atoms with Gasteiger partial charge in [-0.05, 0) is 38.4 Å². The normalized spacial score (nSPS) is 15.0. The quantitative estimate of drug-likeness (QED) is 0.384. The van der Waals surface area contributed by atoms with Crippen molar-refractivity contribution < 1.29 is 19.1 Å². The van der Waals surface area contributed by atoms with Crippen molar-refractivity contribution in [1.82, 2.24) is 19.8 Å². The number of rotatable bonds is 8. The van der Waals surface area contributed by atoms with E-state index in [1.54, 1.807) is 20.4 Å². The van der Waals surface area contributed by atoms with Gasteiger partial charge in [0, 0.05) is 59.0 Å². The van der Waals surface area contributed by atoms with Crippen molar-refractivity contribution >= 4 is 44.8 Å². The highest BCUT2D eigenvalue weighted by atomic mass is 16.5. The summed E-state index contributed by atoms with van der Waals surface area (Å²) in [5.41, 5.74) is 3.94. The van der Waals surface area contributed by atoms with Crippen LogP contribution in [0.1, 0.15) is 11.1 Å². The van der Waals surface area contributed by atoms with Gasteiger partial charge in [0.25, 0.3) is 11.8 Å². The molecular formula is C27H28N4O4. The molecule has 35 heavy (non-hydrogen) atoms. The Morgan fingerprint density at radius 2 is 1.71 bits per heavy atom. The zero-order valence-electron chi connectivity index (χ0n) is 20.2. The van der Waals surface area contributed by atoms with E-state index < -0.39 is 11.8 Å². The van der Waals surface area contributed by atoms with Crippen molar-refractivity contribution in [1.29, 1.82) is 0 Å². The first-order valence-electron chi connectivity index (χ1n) is 11.4. The number of imide groups is 1. The number of nitrogens with zero attached hydrogens (tertiary/aromatic N) is 2. The van der Waals surface area contributed by atoms with Crippen molar-refractivity contribution in [3.05, 3.63) is 66.0 Å². The summed E-state index contributed by atoms with van der Waals surface area (Å²) in [7, 11) is 7.31. The molecule has 0 fully saturated rings. The van der Waals surface area contributed by atoms with Crippen LogP contribution in [0, 0.1) is 0 Å². The van der Waals surface area contributed by atoms with E-state index in [2.05, 4.69) is 19.8 Å². The summed E-state index contributed by atoms with van der Waals surface area (Å²) in [4.78, 5) is 31.5. The molecule has 4 aromatic rings. The Morgan fingerprint density at radius 1 is 0.971 bits per heavy atom. The molecule has 5 rings (SSSR count). The lowest BCUT2D eigenvalue weighted by atomic mass is 9.95. The van der Waals surface area contributed by atoms with Crippen molar-refractivity contribution in [3.63, 3.8) is 0 Å². The number of likely N-dealkylation sites (N-methyl/N-ethyl adjacent to an activating group) is 1. The van der Waals surface area contributed by atoms with Gasteiger partial charge < -0.3 is 23.9 Å². The number of hydrogen-bond acceptors (Lipinski definition) is 5. The van der Waals surface area contributed by atoms with Gasteiger partial charge in [0.15, 0.2) is 0 Å². The van der Waals surface area contributed by atoms with Crippen LogP contribution in [0.5, 0.6) is 5.75 Å². The fourth-order valence-electron chi connectivity index (χ4n) is 4.83. The Labute approximate surface area is 203 Å². The van der Waals surface area contributed by atoms with Crippen LogP contribution in [-0.4, -0.2) is 67.2 Å². The lowest BCUT2D eigenvalue weighted by Crippen LogP contribution is -2.31. The molecule has 8 heteroatoms. The summed E-state index contributed by atoms with van der Waals surface area (Å²) in [6.45, 7) is 1.33. The van der Waals surface area contributed by atoms with Crippen LogP contribution in [0.15, 0.2) is 54.9 Å². The Hall–Kier alpha value is -3.88. The molecule has 2 amide bonds. The molecule has 0 saturated heterocycles. The summed E-state index contributed by atoms with van der Waals surface area (Å²) in [6, 6.07) is 13.5. The van der Waals surface area contributed by atoms with Crippen LogP contribution < -0.4 is 10.1 Å². The van der Waals surface area contributed by atoms with E-state index in [1.165, 1.54) is 0 Å². The smallest absolute Gasteiger partial charge is 0.259 e. The van der Waals surface area contributed by atoms with E-state index >= 15 is 0 Å². The van der Waals surface area contributed by atoms with Crippen molar-refractivity contribution in [3.8, 4) is 5.75 Å². The van der Waals surface area contributed by atoms with Gasteiger partial charge in [0.2, 0.25) is 0 Å². The second-order valence-corrected chi connectivity index (χ2v) is 8.98. The first-order valence-corrected chi connectivity index (χ1v) is 11.4. The predicted octanol–water partition coefficient (Wildman–Crippen LogP) is 3.28. The molecular weight excluding hydrogens is 444 g/mol. The van der Waals surface area contributed by atoms with E-state index in [1.807, 2.05) is 62.8 Å². The maximum atomic E-state index is 13.2. The second-order valence-electron chi connectivity index (χ2n) is 8.98. The van der Waals surface area contributed by atoms with E-state index in [4.69, 9.17) is 9.47 Å². The van der Waals surface area contributed by atoms with Gasteiger partial charge in [-0.2, -0.15) is 0 Å². The number of methoxy groups -OCH3 is 2. The van der Waals surface area contributed by atoms with Crippen LogP contribution in [0.3, 0.4) is 0 Å². The molecule has 3 heterocycles. The lowest BCUT2D eigenvalue weighted by molar-refractivity contribution is -0.122. The third-order valence-corrected chi connectivity index (χ3v) is 6.45. The van der Waals surface area contributed by atoms with E-state index in [0.29, 0.717) is 34.6 Å². The van der Waals surface area contributed by atoms with Gasteiger partial charge in [0.1, 0.15) is 5.75 Å². The molecule has 1 aliphatic rings. The van der Waals surface area contributed by atoms with Gasteiger partial charge in [-0.25, -0.2) is 0 Å². The maximum Gasteiger partial charge on any atom is 0.259 e. The third-order valence-electron chi connectivity index (χ3n) is 6.45. The fourth-order valence-corrected chi connectivity index (χ4v) is 4.83. The minimum atomic E-state index is -0.409. The topological polar surface area (TPSA) is 88.6 Å². The second kappa shape index (κ2) is 9.05. The number of H-pyrrole nitrogens is 1. The Balaban J connectivity index is 1.74. The number of aromatic nitrogens is 2. The Morgan fingerprint density at radius 3 is 2.43 bits per heavy atom. The van der Waals surface area contributed by atoms with Gasteiger partial charge >= 0.3 is 0 Å². The van der Waals surface area contributed by atoms with Crippen LogP contribution in [0.2, 0.25) is 0 Å². The monoisotopic (exact) mass is 472 g/mol. The zero-order chi connectivity index (χ0) is 24.7. The number of aromatic amines is 1. The SMILES string of the molecule is COc1ccc2c(c1)c(C1=C(c3c[nH]c4ccccc34)C(=O)NC1=O)cn2CC(CN(C)C)OC. The molecule has 1 atom stereocenters. The molecule has 2 N–H and O–H groups in total. The number of para-hydroxylation sites is 1. The molecule has 1 unspecified atom stereocenters. The maximum absolute atomic E-state index is 13.2. The zero-order valence-corrected chi connectivity index (χ0v) is 20.2. The number of hydrogen-bond donors (Lipinski definition) is 2. The van der Waals surface area contributed by atoms with E-state index in [0.717, 1.165) is 28.4 Å². The average molecular weight is 473 g/mol. The molecule has 0 bridgehead atoms. The molecule has 0 aliphatic carbocycles. The molecule has 2 aromatic heterocycles. The predicted molar refractivity (Wildman–Crippen MR) is 136 cm³/mol. The highest BCUT2D eigenvalue weighted by Crippen LogP contribution is 2.39. The highest BCUT2D eigenvalue weighted by molar-refractivity contribution is 6.50. The molecule has 1 aliphatic heterocycles. The summed E-state index contributed by atoms with van der Waals surface area (Å²) < 4.78 is 13.3. The Kier molecular flexibility index (Phi) is 5.92. The van der Waals surface area contributed by atoms with Crippen molar-refractivity contribution in [2.24, 2.45) is 0 Å². The first kappa shape index (κ1) is 22.9. The first-order chi connectivity index (χ1) is 16.9. The molecule has 0 spiro atoms. The molecule has 0 saturated carbocycles. The van der Waals surface area contributed by atoms with Crippen molar-refractivity contribution in [2.75, 3.05) is 34.9 Å². The minimum Gasteiger partial charge on any atom is -0.497 e. The van der Waals surface area contributed by atoms with Gasteiger partial charge in [-0.1, -0.05) is 18.2 Å². The summed E-state index contributed by atoms with van der Waals surface area (Å²) in [5.74, 6) is -0.137. The summed E-state index contributed by atoms with van der Waals surface area (Å²) in [6.07, 6.45) is 3.67. The van der Waals surface area contributed by atoms with Crippen LogP contribution >= 0.6 is 0 Å². The number of fused-ring (bicyclic) bond motifs is 2. The average Bonchev–Trinajstić information content (AvgIpc) is 3.50. The summed E-state index contributed by atoms with van der Waals surface area (Å²) >= 11 is 0. The van der Waals surface area contributed by atoms with Gasteiger partial charge in [-0.3, -0.25) is 14.9 Å². The number of benzene rings is 2. The standard InChI is InChI=1S/C27H28N4O4/c1-30(2)13-17(35-4)14-31-15-21(19-11-16(34-3)9-10-23(19)31)25-24(26(32)29-27(25)33)20-12-28-22-8-6-5-7-18(20)22/h5-12,15,17,28H,13-14H2,1-4H3,(H,29,32,33). The van der Waals surface area contributed by atoms with E-state index in [9.17, 15) is 9.59 Å². The molecule has 0 radical (unpaired) electrons. The minimum absolute atomic E-state index is 0.0587. The van der Waals surface area contributed by atoms with E-state index in [-0.39, 0.29) is 6.10 Å². The number of carbonyl (C=O) groups is 2. The Bertz CT molecular complexity index is 1480. The summed E-state index contributed by atoms with van der Waals surface area (Å²) in [5, 5.41) is 4.23. The molecule has 8 nitrogen and oxygen atoms in total. The third kappa shape index (κ3) is 4.00. The van der Waals surface area contributed by atoms with Gasteiger partial charge in [0.05, 0.1) is 30.9 Å². The van der Waals surface area contributed by atoms with Crippen LogP contribution in [0.4, 0.5) is 0 Å². The largest absolute Gasteiger partial charge is 0.497 e. The number of carbonyl (C=O) groups excluding carboxylic acids is 2.